The molecule has 0 saturated carbocycles. The molecule has 120 valence electrons. The number of rotatable bonds is 7. The summed E-state index contributed by atoms with van der Waals surface area (Å²) >= 11 is 1.67. The highest BCUT2D eigenvalue weighted by Crippen LogP contribution is 2.22. The normalized spacial score (nSPS) is 11.7. The minimum Gasteiger partial charge on any atom is -0.484 e. The molecule has 1 N–H and O–H groups in total. The molecule has 6 heteroatoms. The number of carbonyl (C=O) groups excluding carboxylic acids is 1. The molecule has 0 radical (unpaired) electrons. The number of amides is 1. The van der Waals surface area contributed by atoms with E-state index in [0.29, 0.717) is 17.9 Å². The van der Waals surface area contributed by atoms with Gasteiger partial charge in [0.1, 0.15) is 5.75 Å². The van der Waals surface area contributed by atoms with Gasteiger partial charge in [-0.05, 0) is 49.8 Å². The van der Waals surface area contributed by atoms with Crippen LogP contribution in [0.15, 0.2) is 41.8 Å². The number of carbonyl (C=O) groups is 1. The monoisotopic (exact) mass is 329 g/mol. The van der Waals surface area contributed by atoms with Crippen LogP contribution in [0.4, 0.5) is 0 Å². The lowest BCUT2D eigenvalue weighted by Crippen LogP contribution is -2.36. The number of thiophene rings is 1. The van der Waals surface area contributed by atoms with E-state index >= 15 is 0 Å². The maximum atomic E-state index is 11.9. The van der Waals surface area contributed by atoms with Crippen molar-refractivity contribution in [2.24, 2.45) is 0 Å². The van der Waals surface area contributed by atoms with Crippen molar-refractivity contribution in [3.8, 4) is 11.8 Å². The van der Waals surface area contributed by atoms with Crippen LogP contribution in [0.2, 0.25) is 0 Å². The van der Waals surface area contributed by atoms with E-state index in [4.69, 9.17) is 10.00 Å². The smallest absolute Gasteiger partial charge is 0.258 e. The largest absolute Gasteiger partial charge is 0.484 e. The average molecular weight is 329 g/mol. The van der Waals surface area contributed by atoms with E-state index in [9.17, 15) is 4.79 Å². The fraction of sp³-hybridized carbons (Fsp3) is 0.294. The van der Waals surface area contributed by atoms with E-state index in [-0.39, 0.29) is 18.6 Å². The van der Waals surface area contributed by atoms with Crippen molar-refractivity contribution in [2.45, 2.75) is 6.04 Å². The molecule has 0 aliphatic carbocycles. The summed E-state index contributed by atoms with van der Waals surface area (Å²) in [7, 11) is 3.98. The first-order chi connectivity index (χ1) is 11.1. The predicted molar refractivity (Wildman–Crippen MR) is 90.4 cm³/mol. The molecule has 0 unspecified atom stereocenters. The second kappa shape index (κ2) is 8.32. The Bertz CT molecular complexity index is 660. The minimum atomic E-state index is -0.169. The molecule has 5 nitrogen and oxygen atoms in total. The van der Waals surface area contributed by atoms with Gasteiger partial charge in [0.15, 0.2) is 6.61 Å². The zero-order chi connectivity index (χ0) is 16.7. The van der Waals surface area contributed by atoms with Crippen molar-refractivity contribution in [1.29, 1.82) is 5.26 Å². The summed E-state index contributed by atoms with van der Waals surface area (Å²) in [4.78, 5) is 15.2. The van der Waals surface area contributed by atoms with Gasteiger partial charge in [0.2, 0.25) is 0 Å². The van der Waals surface area contributed by atoms with Crippen molar-refractivity contribution in [3.05, 3.63) is 52.2 Å². The Balaban J connectivity index is 1.81. The molecule has 0 aliphatic heterocycles. The lowest BCUT2D eigenvalue weighted by Gasteiger charge is -2.23. The van der Waals surface area contributed by atoms with Gasteiger partial charge in [0, 0.05) is 11.4 Å². The molecule has 0 aliphatic rings. The van der Waals surface area contributed by atoms with Gasteiger partial charge in [-0.2, -0.15) is 5.26 Å². The number of benzene rings is 1. The molecule has 0 fully saturated rings. The SMILES string of the molecule is CN(C)[C@H](CNC(=O)COc1ccc(C#N)cc1)c1cccs1. The standard InChI is InChI=1S/C17H19N3O2S/c1-20(2)15(16-4-3-9-23-16)11-19-17(21)12-22-14-7-5-13(10-18)6-8-14/h3-9,15H,11-12H2,1-2H3,(H,19,21)/t15-/m1/s1. The molecule has 2 aromatic rings. The maximum absolute atomic E-state index is 11.9. The summed E-state index contributed by atoms with van der Waals surface area (Å²) < 4.78 is 5.42. The van der Waals surface area contributed by atoms with Crippen LogP contribution < -0.4 is 10.1 Å². The van der Waals surface area contributed by atoms with Crippen LogP contribution in [0, 0.1) is 11.3 Å². The first kappa shape index (κ1) is 17.0. The van der Waals surface area contributed by atoms with E-state index in [0.717, 1.165) is 0 Å². The molecule has 0 spiro atoms. The highest BCUT2D eigenvalue weighted by atomic mass is 32.1. The van der Waals surface area contributed by atoms with Gasteiger partial charge in [-0.3, -0.25) is 4.79 Å². The summed E-state index contributed by atoms with van der Waals surface area (Å²) in [5.74, 6) is 0.402. The van der Waals surface area contributed by atoms with E-state index in [2.05, 4.69) is 16.3 Å². The lowest BCUT2D eigenvalue weighted by atomic mass is 10.2. The van der Waals surface area contributed by atoms with Crippen molar-refractivity contribution in [1.82, 2.24) is 10.2 Å². The van der Waals surface area contributed by atoms with E-state index in [1.807, 2.05) is 31.6 Å². The number of hydrogen-bond donors (Lipinski definition) is 1. The number of ether oxygens (including phenoxy) is 1. The van der Waals surface area contributed by atoms with Crippen LogP contribution in [0.1, 0.15) is 16.5 Å². The van der Waals surface area contributed by atoms with Crippen LogP contribution in [-0.2, 0) is 4.79 Å². The number of hydrogen-bond acceptors (Lipinski definition) is 5. The third kappa shape index (κ3) is 5.09. The van der Waals surface area contributed by atoms with Crippen LogP contribution in [-0.4, -0.2) is 38.1 Å². The minimum absolute atomic E-state index is 0.0451. The highest BCUT2D eigenvalue weighted by Gasteiger charge is 2.16. The van der Waals surface area contributed by atoms with Crippen molar-refractivity contribution in [2.75, 3.05) is 27.2 Å². The summed E-state index contributed by atoms with van der Waals surface area (Å²) in [6, 6.07) is 12.9. The van der Waals surface area contributed by atoms with Gasteiger partial charge < -0.3 is 15.0 Å². The topological polar surface area (TPSA) is 65.4 Å². The van der Waals surface area contributed by atoms with Crippen LogP contribution in [0.25, 0.3) is 0 Å². The fourth-order valence-electron chi connectivity index (χ4n) is 2.05. The Labute approximate surface area is 140 Å². The van der Waals surface area contributed by atoms with E-state index in [1.54, 1.807) is 35.6 Å². The molecular formula is C17H19N3O2S. The molecule has 0 bridgehead atoms. The molecular weight excluding hydrogens is 310 g/mol. The van der Waals surface area contributed by atoms with Gasteiger partial charge in [0.05, 0.1) is 17.7 Å². The number of nitriles is 1. The predicted octanol–water partition coefficient (Wildman–Crippen LogP) is 2.42. The molecule has 1 aromatic carbocycles. The second-order valence-electron chi connectivity index (χ2n) is 5.22. The third-order valence-corrected chi connectivity index (χ3v) is 4.31. The molecule has 1 amide bonds. The average Bonchev–Trinajstić information content (AvgIpc) is 3.07. The molecule has 0 saturated heterocycles. The van der Waals surface area contributed by atoms with Crippen LogP contribution in [0.3, 0.4) is 0 Å². The maximum Gasteiger partial charge on any atom is 0.258 e. The summed E-state index contributed by atoms with van der Waals surface area (Å²) in [5.41, 5.74) is 0.562. The Morgan fingerprint density at radius 1 is 1.35 bits per heavy atom. The summed E-state index contributed by atoms with van der Waals surface area (Å²) in [6.07, 6.45) is 0. The Morgan fingerprint density at radius 3 is 2.65 bits per heavy atom. The summed E-state index contributed by atoms with van der Waals surface area (Å²) in [5, 5.41) is 13.7. The number of nitrogens with zero attached hydrogens (tertiary/aromatic N) is 2. The molecule has 1 heterocycles. The summed E-state index contributed by atoms with van der Waals surface area (Å²) in [6.45, 7) is 0.486. The molecule has 1 aromatic heterocycles. The molecule has 2 rings (SSSR count). The highest BCUT2D eigenvalue weighted by molar-refractivity contribution is 7.10. The number of likely N-dealkylation sites (N-methyl/N-ethyl adjacent to an activating group) is 1. The number of nitrogens with one attached hydrogen (secondary N) is 1. The Morgan fingerprint density at radius 2 is 2.09 bits per heavy atom. The van der Waals surface area contributed by atoms with Crippen LogP contribution >= 0.6 is 11.3 Å². The Hall–Kier alpha value is -2.36. The van der Waals surface area contributed by atoms with Crippen molar-refractivity contribution in [3.63, 3.8) is 0 Å². The van der Waals surface area contributed by atoms with E-state index < -0.39 is 0 Å². The third-order valence-electron chi connectivity index (χ3n) is 3.34. The van der Waals surface area contributed by atoms with Gasteiger partial charge in [0.25, 0.3) is 5.91 Å². The zero-order valence-corrected chi connectivity index (χ0v) is 14.0. The van der Waals surface area contributed by atoms with Crippen molar-refractivity contribution >= 4 is 17.2 Å². The van der Waals surface area contributed by atoms with Gasteiger partial charge in [-0.25, -0.2) is 0 Å². The Kier molecular flexibility index (Phi) is 6.15. The van der Waals surface area contributed by atoms with Gasteiger partial charge in [-0.1, -0.05) is 6.07 Å². The van der Waals surface area contributed by atoms with Gasteiger partial charge >= 0.3 is 0 Å². The molecule has 1 atom stereocenters. The zero-order valence-electron chi connectivity index (χ0n) is 13.2. The lowest BCUT2D eigenvalue weighted by molar-refractivity contribution is -0.123. The van der Waals surface area contributed by atoms with Crippen molar-refractivity contribution < 1.29 is 9.53 Å². The first-order valence-electron chi connectivity index (χ1n) is 7.19. The second-order valence-corrected chi connectivity index (χ2v) is 6.20. The first-order valence-corrected chi connectivity index (χ1v) is 8.07. The van der Waals surface area contributed by atoms with Gasteiger partial charge in [-0.15, -0.1) is 11.3 Å². The fourth-order valence-corrected chi connectivity index (χ4v) is 2.98. The molecule has 23 heavy (non-hydrogen) atoms. The van der Waals surface area contributed by atoms with E-state index in [1.165, 1.54) is 4.88 Å². The quantitative estimate of drug-likeness (QED) is 0.847. The van der Waals surface area contributed by atoms with Crippen LogP contribution in [0.5, 0.6) is 5.75 Å².